The first kappa shape index (κ1) is 42.8. The number of piperazine rings is 4. The number of aromatic nitrogens is 4. The number of hydrogen-bond acceptors (Lipinski definition) is 12. The zero-order chi connectivity index (χ0) is 43.2. The molecule has 0 atom stereocenters. The first-order chi connectivity index (χ1) is 31.7. The Hall–Kier alpha value is -6.44. The maximum atomic E-state index is 4.70. The Labute approximate surface area is 376 Å². The Bertz CT molecular complexity index is 2330. The van der Waals surface area contributed by atoms with E-state index >= 15 is 0 Å². The Kier molecular flexibility index (Phi) is 14.6. The van der Waals surface area contributed by atoms with Crippen LogP contribution in [0.3, 0.4) is 0 Å². The van der Waals surface area contributed by atoms with Gasteiger partial charge in [0.1, 0.15) is 23.3 Å². The molecule has 12 rings (SSSR count). The van der Waals surface area contributed by atoms with E-state index in [0.717, 1.165) is 150 Å². The van der Waals surface area contributed by atoms with Crippen molar-refractivity contribution in [3.63, 3.8) is 0 Å². The van der Waals surface area contributed by atoms with Crippen LogP contribution in [0.5, 0.6) is 0 Å². The van der Waals surface area contributed by atoms with Gasteiger partial charge in [0.25, 0.3) is 0 Å². The van der Waals surface area contributed by atoms with Gasteiger partial charge >= 0.3 is 0 Å². The number of rotatable bonds is 4. The largest absolute Gasteiger partial charge is 0.354 e. The van der Waals surface area contributed by atoms with Crippen molar-refractivity contribution in [2.45, 2.75) is 0 Å². The average Bonchev–Trinajstić information content (AvgIpc) is 3.39. The van der Waals surface area contributed by atoms with Crippen molar-refractivity contribution in [1.29, 1.82) is 0 Å². The van der Waals surface area contributed by atoms with Crippen LogP contribution in [0.1, 0.15) is 0 Å². The molecule has 4 aliphatic heterocycles. The highest BCUT2D eigenvalue weighted by molar-refractivity contribution is 5.82. The molecule has 0 unspecified atom stereocenters. The number of pyridine rings is 4. The summed E-state index contributed by atoms with van der Waals surface area (Å²) in [6, 6.07) is 50.1. The van der Waals surface area contributed by atoms with E-state index in [1.165, 1.54) is 21.5 Å². The molecule has 64 heavy (non-hydrogen) atoms. The standard InChI is InChI=1S/4C13H15N3/c4*1-2-4-12-11(3-1)5-6-13(15-12)16-9-7-14-8-10-16/h4*1-6,14H,7-10H2. The van der Waals surface area contributed by atoms with E-state index in [4.69, 9.17) is 19.9 Å². The lowest BCUT2D eigenvalue weighted by molar-refractivity contribution is 0.585. The first-order valence-electron chi connectivity index (χ1n) is 23.0. The molecule has 0 amide bonds. The van der Waals surface area contributed by atoms with Crippen LogP contribution in [0.25, 0.3) is 43.6 Å². The first-order valence-corrected chi connectivity index (χ1v) is 23.0. The summed E-state index contributed by atoms with van der Waals surface area (Å²) in [7, 11) is 0. The highest BCUT2D eigenvalue weighted by atomic mass is 15.2. The van der Waals surface area contributed by atoms with Crippen LogP contribution in [0.4, 0.5) is 23.3 Å². The van der Waals surface area contributed by atoms with E-state index < -0.39 is 0 Å². The van der Waals surface area contributed by atoms with Gasteiger partial charge in [-0.2, -0.15) is 0 Å². The smallest absolute Gasteiger partial charge is 0.129 e. The number of anilines is 4. The molecular weight excluding hydrogens is 793 g/mol. The summed E-state index contributed by atoms with van der Waals surface area (Å²) < 4.78 is 0. The number of benzene rings is 4. The fourth-order valence-corrected chi connectivity index (χ4v) is 8.50. The van der Waals surface area contributed by atoms with Crippen molar-refractivity contribution in [2.24, 2.45) is 0 Å². The third-order valence-corrected chi connectivity index (χ3v) is 12.1. The van der Waals surface area contributed by atoms with Gasteiger partial charge in [-0.1, -0.05) is 72.8 Å². The minimum Gasteiger partial charge on any atom is -0.354 e. The minimum atomic E-state index is 1.05. The van der Waals surface area contributed by atoms with E-state index in [2.05, 4.69) is 162 Å². The van der Waals surface area contributed by atoms with E-state index in [0.29, 0.717) is 0 Å². The van der Waals surface area contributed by atoms with E-state index in [-0.39, 0.29) is 0 Å². The molecule has 4 N–H and O–H groups in total. The Morgan fingerprint density at radius 3 is 0.672 bits per heavy atom. The average molecular weight is 853 g/mol. The predicted molar refractivity (Wildman–Crippen MR) is 267 cm³/mol. The summed E-state index contributed by atoms with van der Waals surface area (Å²) in [6.45, 7) is 16.8. The van der Waals surface area contributed by atoms with Crippen LogP contribution < -0.4 is 40.9 Å². The van der Waals surface area contributed by atoms with Crippen molar-refractivity contribution in [2.75, 3.05) is 124 Å². The summed E-state index contributed by atoms with van der Waals surface area (Å²) in [5.74, 6) is 4.39. The number of hydrogen-bond donors (Lipinski definition) is 4. The predicted octanol–water partition coefficient (Wildman–Crippen LogP) is 6.58. The SMILES string of the molecule is c1ccc2nc(N3CCNCC3)ccc2c1.c1ccc2nc(N3CCNCC3)ccc2c1.c1ccc2nc(N3CCNCC3)ccc2c1.c1ccc2nc(N3CCNCC3)ccc2c1. The van der Waals surface area contributed by atoms with Crippen molar-refractivity contribution < 1.29 is 0 Å². The maximum absolute atomic E-state index is 4.70. The highest BCUT2D eigenvalue weighted by Gasteiger charge is 2.15. The Morgan fingerprint density at radius 1 is 0.250 bits per heavy atom. The molecule has 4 aromatic heterocycles. The quantitative estimate of drug-likeness (QED) is 0.154. The molecule has 0 spiro atoms. The lowest BCUT2D eigenvalue weighted by Gasteiger charge is -2.28. The maximum Gasteiger partial charge on any atom is 0.129 e. The van der Waals surface area contributed by atoms with Crippen LogP contribution in [0, 0.1) is 0 Å². The molecule has 4 saturated heterocycles. The van der Waals surface area contributed by atoms with Crippen molar-refractivity contribution in [1.82, 2.24) is 41.2 Å². The molecule has 12 heteroatoms. The zero-order valence-corrected chi connectivity index (χ0v) is 36.7. The second kappa shape index (κ2) is 21.8. The molecule has 12 nitrogen and oxygen atoms in total. The summed E-state index contributed by atoms with van der Waals surface area (Å²) in [5.41, 5.74) is 4.33. The number of fused-ring (bicyclic) bond motifs is 4. The van der Waals surface area contributed by atoms with Gasteiger partial charge in [0.15, 0.2) is 0 Å². The van der Waals surface area contributed by atoms with Gasteiger partial charge in [-0.05, 0) is 72.8 Å². The van der Waals surface area contributed by atoms with Gasteiger partial charge in [-0.15, -0.1) is 0 Å². The molecule has 8 aromatic rings. The van der Waals surface area contributed by atoms with Crippen molar-refractivity contribution in [3.05, 3.63) is 146 Å². The van der Waals surface area contributed by atoms with Gasteiger partial charge in [0.05, 0.1) is 22.1 Å². The normalized spacial score (nSPS) is 16.6. The number of para-hydroxylation sites is 4. The summed E-state index contributed by atoms with van der Waals surface area (Å²) in [4.78, 5) is 28.1. The Morgan fingerprint density at radius 2 is 0.453 bits per heavy atom. The second-order valence-corrected chi connectivity index (χ2v) is 16.4. The summed E-state index contributed by atoms with van der Waals surface area (Å²) in [5, 5.41) is 18.2. The van der Waals surface area contributed by atoms with Crippen molar-refractivity contribution >= 4 is 66.9 Å². The Balaban J connectivity index is 0.000000108. The van der Waals surface area contributed by atoms with Gasteiger partial charge < -0.3 is 40.9 Å². The lowest BCUT2D eigenvalue weighted by atomic mass is 10.2. The second-order valence-electron chi connectivity index (χ2n) is 16.4. The monoisotopic (exact) mass is 853 g/mol. The molecule has 328 valence electrons. The molecular formula is C52H60N12. The molecule has 4 fully saturated rings. The molecule has 0 bridgehead atoms. The molecule has 0 saturated carbocycles. The number of nitrogens with one attached hydrogen (secondary N) is 4. The fraction of sp³-hybridized carbons (Fsp3) is 0.308. The molecule has 0 radical (unpaired) electrons. The van der Waals surface area contributed by atoms with Crippen LogP contribution in [0.15, 0.2) is 146 Å². The number of nitrogens with zero attached hydrogens (tertiary/aromatic N) is 8. The molecule has 8 heterocycles. The van der Waals surface area contributed by atoms with E-state index in [1.807, 2.05) is 24.3 Å². The van der Waals surface area contributed by atoms with E-state index in [9.17, 15) is 0 Å². The van der Waals surface area contributed by atoms with Crippen LogP contribution >= 0.6 is 0 Å². The summed E-state index contributed by atoms with van der Waals surface area (Å²) in [6.07, 6.45) is 0. The third-order valence-electron chi connectivity index (χ3n) is 12.1. The third kappa shape index (κ3) is 11.2. The minimum absolute atomic E-state index is 1.05. The highest BCUT2D eigenvalue weighted by Crippen LogP contribution is 2.21. The van der Waals surface area contributed by atoms with Crippen LogP contribution in [0.2, 0.25) is 0 Å². The fourth-order valence-electron chi connectivity index (χ4n) is 8.50. The van der Waals surface area contributed by atoms with Crippen LogP contribution in [-0.4, -0.2) is 125 Å². The van der Waals surface area contributed by atoms with E-state index in [1.54, 1.807) is 0 Å². The topological polar surface area (TPSA) is 113 Å². The molecule has 0 aliphatic carbocycles. The van der Waals surface area contributed by atoms with Gasteiger partial charge in [-0.25, -0.2) is 19.9 Å². The summed E-state index contributed by atoms with van der Waals surface area (Å²) >= 11 is 0. The van der Waals surface area contributed by atoms with Gasteiger partial charge in [-0.3, -0.25) is 0 Å². The van der Waals surface area contributed by atoms with Crippen LogP contribution in [-0.2, 0) is 0 Å². The molecule has 4 aromatic carbocycles. The van der Waals surface area contributed by atoms with Crippen molar-refractivity contribution in [3.8, 4) is 0 Å². The molecule has 4 aliphatic rings. The van der Waals surface area contributed by atoms with Gasteiger partial charge in [0, 0.05) is 126 Å². The zero-order valence-electron chi connectivity index (χ0n) is 36.7. The van der Waals surface area contributed by atoms with Gasteiger partial charge in [0.2, 0.25) is 0 Å². The lowest BCUT2D eigenvalue weighted by Crippen LogP contribution is -2.43.